The zero-order valence-electron chi connectivity index (χ0n) is 6.89. The Bertz CT molecular complexity index is 245. The van der Waals surface area contributed by atoms with E-state index in [1.807, 2.05) is 13.8 Å². The molecule has 1 aromatic heterocycles. The van der Waals surface area contributed by atoms with Crippen LogP contribution in [0.1, 0.15) is 24.6 Å². The van der Waals surface area contributed by atoms with Gasteiger partial charge >= 0.3 is 0 Å². The van der Waals surface area contributed by atoms with Crippen molar-refractivity contribution in [2.45, 2.75) is 26.7 Å². The number of aryl methyl sites for hydroxylation is 2. The van der Waals surface area contributed by atoms with E-state index < -0.39 is 0 Å². The SMILES string of the molecule is CCCc1ncc(C)cc1F. The Morgan fingerprint density at radius 1 is 1.55 bits per heavy atom. The zero-order valence-corrected chi connectivity index (χ0v) is 6.89. The Balaban J connectivity index is 2.90. The lowest BCUT2D eigenvalue weighted by Crippen LogP contribution is -1.94. The van der Waals surface area contributed by atoms with Crippen LogP contribution < -0.4 is 0 Å². The molecule has 0 aromatic carbocycles. The Morgan fingerprint density at radius 3 is 2.82 bits per heavy atom. The standard InChI is InChI=1S/C9H12FN/c1-3-4-9-8(10)5-7(2)6-11-9/h5-6H,3-4H2,1-2H3. The van der Waals surface area contributed by atoms with Gasteiger partial charge in [-0.3, -0.25) is 4.98 Å². The van der Waals surface area contributed by atoms with E-state index in [-0.39, 0.29) is 5.82 Å². The summed E-state index contributed by atoms with van der Waals surface area (Å²) in [5.74, 6) is -0.174. The summed E-state index contributed by atoms with van der Waals surface area (Å²) in [5, 5.41) is 0. The number of hydrogen-bond acceptors (Lipinski definition) is 1. The molecule has 0 aliphatic rings. The molecule has 1 rings (SSSR count). The first-order chi connectivity index (χ1) is 5.24. The average molecular weight is 153 g/mol. The van der Waals surface area contributed by atoms with Crippen LogP contribution in [0.4, 0.5) is 4.39 Å². The summed E-state index contributed by atoms with van der Waals surface area (Å²) in [4.78, 5) is 3.99. The van der Waals surface area contributed by atoms with Crippen LogP contribution in [0.15, 0.2) is 12.3 Å². The minimum atomic E-state index is -0.174. The molecule has 0 unspecified atom stereocenters. The molecule has 0 aliphatic heterocycles. The molecule has 0 atom stereocenters. The van der Waals surface area contributed by atoms with Gasteiger partial charge in [0.05, 0.1) is 5.69 Å². The summed E-state index contributed by atoms with van der Waals surface area (Å²) < 4.78 is 13.0. The third-order valence-corrected chi connectivity index (χ3v) is 1.54. The third-order valence-electron chi connectivity index (χ3n) is 1.54. The molecule has 1 nitrogen and oxygen atoms in total. The van der Waals surface area contributed by atoms with Crippen LogP contribution in [0.2, 0.25) is 0 Å². The zero-order chi connectivity index (χ0) is 8.27. The predicted octanol–water partition coefficient (Wildman–Crippen LogP) is 2.48. The molecule has 2 heteroatoms. The van der Waals surface area contributed by atoms with Crippen molar-refractivity contribution in [1.29, 1.82) is 0 Å². The topological polar surface area (TPSA) is 12.9 Å². The predicted molar refractivity (Wildman–Crippen MR) is 42.9 cm³/mol. The summed E-state index contributed by atoms with van der Waals surface area (Å²) in [6, 6.07) is 1.53. The van der Waals surface area contributed by atoms with Crippen LogP contribution in [0.5, 0.6) is 0 Å². The van der Waals surface area contributed by atoms with E-state index in [0.29, 0.717) is 5.69 Å². The molecular formula is C9H12FN. The molecule has 0 spiro atoms. The normalized spacial score (nSPS) is 10.1. The second-order valence-electron chi connectivity index (χ2n) is 2.69. The van der Waals surface area contributed by atoms with E-state index in [2.05, 4.69) is 4.98 Å². The van der Waals surface area contributed by atoms with Crippen LogP contribution in [0.25, 0.3) is 0 Å². The molecule has 0 aliphatic carbocycles. The molecule has 60 valence electrons. The van der Waals surface area contributed by atoms with Crippen molar-refractivity contribution >= 4 is 0 Å². The number of aromatic nitrogens is 1. The van der Waals surface area contributed by atoms with Crippen LogP contribution in [-0.2, 0) is 6.42 Å². The number of rotatable bonds is 2. The first kappa shape index (κ1) is 8.18. The highest BCUT2D eigenvalue weighted by atomic mass is 19.1. The number of pyridine rings is 1. The molecule has 0 saturated heterocycles. The van der Waals surface area contributed by atoms with Gasteiger partial charge in [0.1, 0.15) is 5.82 Å². The number of hydrogen-bond donors (Lipinski definition) is 0. The Hall–Kier alpha value is -0.920. The highest BCUT2D eigenvalue weighted by Gasteiger charge is 2.01. The van der Waals surface area contributed by atoms with Gasteiger partial charge in [0.25, 0.3) is 0 Å². The summed E-state index contributed by atoms with van der Waals surface area (Å²) in [6.45, 7) is 3.85. The van der Waals surface area contributed by atoms with E-state index in [0.717, 1.165) is 18.4 Å². The van der Waals surface area contributed by atoms with Gasteiger partial charge in [0, 0.05) is 6.20 Å². The third kappa shape index (κ3) is 2.00. The van der Waals surface area contributed by atoms with E-state index >= 15 is 0 Å². The summed E-state index contributed by atoms with van der Waals surface area (Å²) in [6.07, 6.45) is 3.37. The van der Waals surface area contributed by atoms with Crippen molar-refractivity contribution in [2.24, 2.45) is 0 Å². The lowest BCUT2D eigenvalue weighted by Gasteiger charge is -1.99. The van der Waals surface area contributed by atoms with Crippen LogP contribution in [0, 0.1) is 12.7 Å². The maximum absolute atomic E-state index is 13.0. The first-order valence-electron chi connectivity index (χ1n) is 3.85. The van der Waals surface area contributed by atoms with E-state index in [1.54, 1.807) is 6.20 Å². The smallest absolute Gasteiger partial charge is 0.144 e. The monoisotopic (exact) mass is 153 g/mol. The summed E-state index contributed by atoms with van der Waals surface area (Å²) in [7, 11) is 0. The number of nitrogens with zero attached hydrogens (tertiary/aromatic N) is 1. The van der Waals surface area contributed by atoms with Crippen molar-refractivity contribution in [3.05, 3.63) is 29.3 Å². The minimum Gasteiger partial charge on any atom is -0.258 e. The van der Waals surface area contributed by atoms with Crippen molar-refractivity contribution < 1.29 is 4.39 Å². The van der Waals surface area contributed by atoms with Gasteiger partial charge in [0.15, 0.2) is 0 Å². The first-order valence-corrected chi connectivity index (χ1v) is 3.85. The molecule has 0 radical (unpaired) electrons. The minimum absolute atomic E-state index is 0.174. The van der Waals surface area contributed by atoms with Crippen molar-refractivity contribution in [3.63, 3.8) is 0 Å². The molecule has 1 aromatic rings. The molecule has 11 heavy (non-hydrogen) atoms. The van der Waals surface area contributed by atoms with Gasteiger partial charge in [0.2, 0.25) is 0 Å². The lowest BCUT2D eigenvalue weighted by molar-refractivity contribution is 0.594. The quantitative estimate of drug-likeness (QED) is 0.636. The summed E-state index contributed by atoms with van der Waals surface area (Å²) in [5.41, 5.74) is 1.46. The Labute approximate surface area is 66.3 Å². The van der Waals surface area contributed by atoms with Gasteiger partial charge < -0.3 is 0 Å². The van der Waals surface area contributed by atoms with E-state index in [9.17, 15) is 4.39 Å². The van der Waals surface area contributed by atoms with Gasteiger partial charge in [-0.25, -0.2) is 4.39 Å². The molecular weight excluding hydrogens is 141 g/mol. The lowest BCUT2D eigenvalue weighted by atomic mass is 10.2. The summed E-state index contributed by atoms with van der Waals surface area (Å²) >= 11 is 0. The molecule has 0 N–H and O–H groups in total. The van der Waals surface area contributed by atoms with Crippen molar-refractivity contribution in [1.82, 2.24) is 4.98 Å². The Morgan fingerprint density at radius 2 is 2.27 bits per heavy atom. The fraction of sp³-hybridized carbons (Fsp3) is 0.444. The largest absolute Gasteiger partial charge is 0.258 e. The fourth-order valence-corrected chi connectivity index (χ4v) is 0.983. The average Bonchev–Trinajstić information content (AvgIpc) is 1.95. The second kappa shape index (κ2) is 3.46. The molecule has 0 amide bonds. The van der Waals surface area contributed by atoms with Gasteiger partial charge in [-0.15, -0.1) is 0 Å². The molecule has 0 bridgehead atoms. The van der Waals surface area contributed by atoms with Crippen LogP contribution in [0.3, 0.4) is 0 Å². The molecule has 1 heterocycles. The maximum Gasteiger partial charge on any atom is 0.144 e. The van der Waals surface area contributed by atoms with Gasteiger partial charge in [-0.1, -0.05) is 13.3 Å². The van der Waals surface area contributed by atoms with Crippen molar-refractivity contribution in [2.75, 3.05) is 0 Å². The van der Waals surface area contributed by atoms with E-state index in [1.165, 1.54) is 6.07 Å². The molecule has 0 fully saturated rings. The van der Waals surface area contributed by atoms with Gasteiger partial charge in [-0.05, 0) is 25.0 Å². The van der Waals surface area contributed by atoms with Gasteiger partial charge in [-0.2, -0.15) is 0 Å². The molecule has 0 saturated carbocycles. The van der Waals surface area contributed by atoms with Crippen LogP contribution in [-0.4, -0.2) is 4.98 Å². The Kier molecular flexibility index (Phi) is 2.58. The number of halogens is 1. The van der Waals surface area contributed by atoms with E-state index in [4.69, 9.17) is 0 Å². The fourth-order valence-electron chi connectivity index (χ4n) is 0.983. The second-order valence-corrected chi connectivity index (χ2v) is 2.69. The highest BCUT2D eigenvalue weighted by molar-refractivity contribution is 5.14. The van der Waals surface area contributed by atoms with Crippen molar-refractivity contribution in [3.8, 4) is 0 Å². The maximum atomic E-state index is 13.0. The highest BCUT2D eigenvalue weighted by Crippen LogP contribution is 2.07. The van der Waals surface area contributed by atoms with Crippen LogP contribution >= 0.6 is 0 Å².